The highest BCUT2D eigenvalue weighted by molar-refractivity contribution is 7.89. The lowest BCUT2D eigenvalue weighted by atomic mass is 10.2. The molecule has 3 rings (SSSR count). The minimum atomic E-state index is -3.72. The van der Waals surface area contributed by atoms with Crippen molar-refractivity contribution in [3.8, 4) is 0 Å². The van der Waals surface area contributed by atoms with Gasteiger partial charge < -0.3 is 10.1 Å². The molecule has 0 bridgehead atoms. The minimum Gasteiger partial charge on any atom is -0.377 e. The van der Waals surface area contributed by atoms with Gasteiger partial charge in [0.25, 0.3) is 5.91 Å². The van der Waals surface area contributed by atoms with Crippen molar-refractivity contribution in [2.24, 2.45) is 0 Å². The average Bonchev–Trinajstić information content (AvgIpc) is 3.13. The van der Waals surface area contributed by atoms with E-state index in [0.29, 0.717) is 12.7 Å². The Labute approximate surface area is 155 Å². The maximum atomic E-state index is 13.2. The average molecular weight is 396 g/mol. The molecule has 1 unspecified atom stereocenters. The molecule has 6 nitrogen and oxygen atoms in total. The van der Waals surface area contributed by atoms with Gasteiger partial charge in [-0.3, -0.25) is 4.79 Å². The van der Waals surface area contributed by atoms with Gasteiger partial charge in [-0.15, -0.1) is 0 Å². The highest BCUT2D eigenvalue weighted by Crippen LogP contribution is 2.16. The second-order valence-electron chi connectivity index (χ2n) is 6.12. The molecule has 1 saturated heterocycles. The highest BCUT2D eigenvalue weighted by Gasteiger charge is 2.20. The number of anilines is 1. The lowest BCUT2D eigenvalue weighted by molar-refractivity contribution is 0.102. The largest absolute Gasteiger partial charge is 0.377 e. The van der Waals surface area contributed by atoms with Crippen LogP contribution in [0.2, 0.25) is 0 Å². The molecule has 2 aromatic rings. The van der Waals surface area contributed by atoms with Crippen LogP contribution in [-0.4, -0.2) is 33.6 Å². The molecule has 0 radical (unpaired) electrons. The third-order valence-electron chi connectivity index (χ3n) is 4.07. The molecule has 27 heavy (non-hydrogen) atoms. The lowest BCUT2D eigenvalue weighted by Gasteiger charge is -2.12. The first-order valence-corrected chi connectivity index (χ1v) is 9.80. The fraction of sp³-hybridized carbons (Fsp3) is 0.278. The molecule has 1 heterocycles. The Hall–Kier alpha value is -2.36. The summed E-state index contributed by atoms with van der Waals surface area (Å²) in [7, 11) is -3.72. The SMILES string of the molecule is O=C(Nc1cc(F)cc(F)c1)c1ccc(S(=O)(=O)NCC2CCCO2)cc1. The first-order valence-electron chi connectivity index (χ1n) is 8.32. The van der Waals surface area contributed by atoms with Gasteiger partial charge in [0.1, 0.15) is 11.6 Å². The third kappa shape index (κ3) is 5.09. The molecule has 144 valence electrons. The van der Waals surface area contributed by atoms with Crippen molar-refractivity contribution in [2.45, 2.75) is 23.8 Å². The van der Waals surface area contributed by atoms with E-state index in [2.05, 4.69) is 10.0 Å². The molecule has 0 aliphatic carbocycles. The summed E-state index contributed by atoms with van der Waals surface area (Å²) in [5.74, 6) is -2.25. The predicted molar refractivity (Wildman–Crippen MR) is 94.9 cm³/mol. The molecule has 9 heteroatoms. The number of halogens is 2. The summed E-state index contributed by atoms with van der Waals surface area (Å²) in [6.07, 6.45) is 1.59. The van der Waals surface area contributed by atoms with Crippen LogP contribution >= 0.6 is 0 Å². The smallest absolute Gasteiger partial charge is 0.255 e. The number of carbonyl (C=O) groups is 1. The Morgan fingerprint density at radius 2 is 1.78 bits per heavy atom. The summed E-state index contributed by atoms with van der Waals surface area (Å²) in [5, 5.41) is 2.36. The van der Waals surface area contributed by atoms with E-state index >= 15 is 0 Å². The van der Waals surface area contributed by atoms with E-state index in [1.807, 2.05) is 0 Å². The normalized spacial score (nSPS) is 17.0. The number of amides is 1. The van der Waals surface area contributed by atoms with Gasteiger partial charge in [0, 0.05) is 30.5 Å². The molecule has 1 aliphatic heterocycles. The molecule has 0 aromatic heterocycles. The van der Waals surface area contributed by atoms with Crippen molar-refractivity contribution >= 4 is 21.6 Å². The van der Waals surface area contributed by atoms with Crippen molar-refractivity contribution in [3.63, 3.8) is 0 Å². The Kier molecular flexibility index (Phi) is 5.83. The number of nitrogens with one attached hydrogen (secondary N) is 2. The van der Waals surface area contributed by atoms with Crippen LogP contribution < -0.4 is 10.0 Å². The summed E-state index contributed by atoms with van der Waals surface area (Å²) in [5.41, 5.74) is 0.116. The molecule has 2 N–H and O–H groups in total. The predicted octanol–water partition coefficient (Wildman–Crippen LogP) is 2.67. The number of benzene rings is 2. The van der Waals surface area contributed by atoms with Gasteiger partial charge in [-0.1, -0.05) is 0 Å². The van der Waals surface area contributed by atoms with Crippen molar-refractivity contribution in [1.29, 1.82) is 0 Å². The second-order valence-corrected chi connectivity index (χ2v) is 7.89. The van der Waals surface area contributed by atoms with Crippen LogP contribution in [0.25, 0.3) is 0 Å². The van der Waals surface area contributed by atoms with Crippen LogP contribution in [0.1, 0.15) is 23.2 Å². The summed E-state index contributed by atoms with van der Waals surface area (Å²) < 4.78 is 58.8. The van der Waals surface area contributed by atoms with Gasteiger partial charge in [-0.2, -0.15) is 0 Å². The van der Waals surface area contributed by atoms with Crippen molar-refractivity contribution in [2.75, 3.05) is 18.5 Å². The zero-order valence-corrected chi connectivity index (χ0v) is 15.1. The Morgan fingerprint density at radius 3 is 2.37 bits per heavy atom. The maximum absolute atomic E-state index is 13.2. The van der Waals surface area contributed by atoms with Gasteiger partial charge in [-0.25, -0.2) is 21.9 Å². The van der Waals surface area contributed by atoms with Crippen molar-refractivity contribution in [1.82, 2.24) is 4.72 Å². The number of hydrogen-bond acceptors (Lipinski definition) is 4. The summed E-state index contributed by atoms with van der Waals surface area (Å²) >= 11 is 0. The molecule has 2 aromatic carbocycles. The van der Waals surface area contributed by atoms with Gasteiger partial charge in [0.05, 0.1) is 11.0 Å². The second kappa shape index (κ2) is 8.12. The fourth-order valence-electron chi connectivity index (χ4n) is 2.71. The van der Waals surface area contributed by atoms with Crippen LogP contribution in [0, 0.1) is 11.6 Å². The molecule has 0 saturated carbocycles. The van der Waals surface area contributed by atoms with E-state index in [-0.39, 0.29) is 28.8 Å². The maximum Gasteiger partial charge on any atom is 0.255 e. The third-order valence-corrected chi connectivity index (χ3v) is 5.51. The molecule has 1 atom stereocenters. The summed E-state index contributed by atoms with van der Waals surface area (Å²) in [4.78, 5) is 12.2. The van der Waals surface area contributed by atoms with Crippen LogP contribution in [0.5, 0.6) is 0 Å². The summed E-state index contributed by atoms with van der Waals surface area (Å²) in [6.45, 7) is 0.821. The van der Waals surface area contributed by atoms with Crippen LogP contribution in [0.4, 0.5) is 14.5 Å². The first kappa shape index (κ1) is 19.4. The zero-order valence-electron chi connectivity index (χ0n) is 14.2. The number of hydrogen-bond donors (Lipinski definition) is 2. The number of rotatable bonds is 6. The number of carbonyl (C=O) groups excluding carboxylic acids is 1. The lowest BCUT2D eigenvalue weighted by Crippen LogP contribution is -2.31. The van der Waals surface area contributed by atoms with E-state index in [1.54, 1.807) is 0 Å². The van der Waals surface area contributed by atoms with Crippen molar-refractivity contribution in [3.05, 3.63) is 59.7 Å². The molecule has 1 fully saturated rings. The Balaban J connectivity index is 1.65. The Morgan fingerprint density at radius 1 is 1.11 bits per heavy atom. The van der Waals surface area contributed by atoms with E-state index in [1.165, 1.54) is 24.3 Å². The zero-order chi connectivity index (χ0) is 19.4. The summed E-state index contributed by atoms with van der Waals surface area (Å²) in [6, 6.07) is 7.89. The van der Waals surface area contributed by atoms with Crippen LogP contribution in [-0.2, 0) is 14.8 Å². The first-order chi connectivity index (χ1) is 12.8. The van der Waals surface area contributed by atoms with E-state index < -0.39 is 27.6 Å². The molecule has 0 spiro atoms. The minimum absolute atomic E-state index is 0.00819. The van der Waals surface area contributed by atoms with Gasteiger partial charge in [-0.05, 0) is 49.2 Å². The van der Waals surface area contributed by atoms with Crippen LogP contribution in [0.3, 0.4) is 0 Å². The van der Waals surface area contributed by atoms with E-state index in [0.717, 1.165) is 25.0 Å². The standard InChI is InChI=1S/C18H18F2N2O4S/c19-13-8-14(20)10-15(9-13)22-18(23)12-3-5-17(6-4-12)27(24,25)21-11-16-2-1-7-26-16/h3-6,8-10,16,21H,1-2,7,11H2,(H,22,23). The fourth-order valence-corrected chi connectivity index (χ4v) is 3.77. The molecular weight excluding hydrogens is 378 g/mol. The van der Waals surface area contributed by atoms with E-state index in [4.69, 9.17) is 4.74 Å². The van der Waals surface area contributed by atoms with E-state index in [9.17, 15) is 22.0 Å². The quantitative estimate of drug-likeness (QED) is 0.786. The topological polar surface area (TPSA) is 84.5 Å². The number of ether oxygens (including phenoxy) is 1. The van der Waals surface area contributed by atoms with Gasteiger partial charge in [0.2, 0.25) is 10.0 Å². The van der Waals surface area contributed by atoms with Crippen molar-refractivity contribution < 1.29 is 26.7 Å². The number of sulfonamides is 1. The van der Waals surface area contributed by atoms with Crippen LogP contribution in [0.15, 0.2) is 47.4 Å². The highest BCUT2D eigenvalue weighted by atomic mass is 32.2. The van der Waals surface area contributed by atoms with Gasteiger partial charge >= 0.3 is 0 Å². The monoisotopic (exact) mass is 396 g/mol. The molecule has 1 aliphatic rings. The van der Waals surface area contributed by atoms with Gasteiger partial charge in [0.15, 0.2) is 0 Å². The molecular formula is C18H18F2N2O4S. The Bertz CT molecular complexity index is 907. The molecule has 1 amide bonds.